The van der Waals surface area contributed by atoms with E-state index in [9.17, 15) is 9.59 Å². The van der Waals surface area contributed by atoms with Crippen molar-refractivity contribution in [3.8, 4) is 0 Å². The molecule has 0 aromatic heterocycles. The Hall–Kier alpha value is -1.84. The minimum absolute atomic E-state index is 0.0156. The number of aryl methyl sites for hydroxylation is 2. The number of carbonyl (C=O) groups excluding carboxylic acids is 2. The van der Waals surface area contributed by atoms with Crippen LogP contribution in [0.2, 0.25) is 0 Å². The lowest BCUT2D eigenvalue weighted by Gasteiger charge is -2.26. The van der Waals surface area contributed by atoms with Gasteiger partial charge in [0, 0.05) is 18.7 Å². The zero-order valence-corrected chi connectivity index (χ0v) is 12.2. The van der Waals surface area contributed by atoms with E-state index in [1.54, 1.807) is 6.07 Å². The molecule has 1 N–H and O–H groups in total. The van der Waals surface area contributed by atoms with E-state index < -0.39 is 0 Å². The minimum atomic E-state index is -0.182. The molecule has 1 aromatic rings. The largest absolute Gasteiger partial charge is 0.343 e. The Labute approximate surface area is 120 Å². The number of hydrogen-bond donors (Lipinski definition) is 1. The Morgan fingerprint density at radius 2 is 1.80 bits per heavy atom. The Bertz CT molecular complexity index is 505. The summed E-state index contributed by atoms with van der Waals surface area (Å²) < 4.78 is 0. The van der Waals surface area contributed by atoms with Crippen molar-refractivity contribution >= 4 is 11.8 Å². The van der Waals surface area contributed by atoms with Crippen molar-refractivity contribution in [2.75, 3.05) is 19.6 Å². The number of nitrogens with zero attached hydrogens (tertiary/aromatic N) is 1. The molecule has 108 valence electrons. The maximum Gasteiger partial charge on any atom is 0.251 e. The first-order valence-electron chi connectivity index (χ1n) is 7.21. The van der Waals surface area contributed by atoms with Gasteiger partial charge in [-0.15, -0.1) is 0 Å². The Morgan fingerprint density at radius 1 is 1.10 bits per heavy atom. The van der Waals surface area contributed by atoms with Crippen LogP contribution in [-0.2, 0) is 4.79 Å². The lowest BCUT2D eigenvalue weighted by molar-refractivity contribution is -0.130. The molecule has 1 aliphatic rings. The molecule has 1 aliphatic heterocycles. The van der Waals surface area contributed by atoms with Crippen LogP contribution in [-0.4, -0.2) is 36.3 Å². The third kappa shape index (κ3) is 3.59. The second-order valence-electron chi connectivity index (χ2n) is 5.42. The Morgan fingerprint density at radius 3 is 2.45 bits per heavy atom. The number of likely N-dealkylation sites (tertiary alicyclic amines) is 1. The molecule has 0 aliphatic carbocycles. The standard InChI is InChI=1S/C16H22N2O2/c1-12-6-7-14(10-13(12)2)16(20)17-11-15(19)18-8-4-3-5-9-18/h6-7,10H,3-5,8-9,11H2,1-2H3,(H,17,20). The third-order valence-electron chi connectivity index (χ3n) is 3.88. The molecule has 0 spiro atoms. The van der Waals surface area contributed by atoms with Crippen LogP contribution in [0.25, 0.3) is 0 Å². The van der Waals surface area contributed by atoms with Crippen molar-refractivity contribution in [2.24, 2.45) is 0 Å². The van der Waals surface area contributed by atoms with Crippen LogP contribution in [0.4, 0.5) is 0 Å². The molecule has 4 heteroatoms. The smallest absolute Gasteiger partial charge is 0.251 e. The predicted molar refractivity (Wildman–Crippen MR) is 78.7 cm³/mol. The van der Waals surface area contributed by atoms with Crippen molar-refractivity contribution in [2.45, 2.75) is 33.1 Å². The molecular formula is C16H22N2O2. The summed E-state index contributed by atoms with van der Waals surface area (Å²) in [5.74, 6) is -0.166. The minimum Gasteiger partial charge on any atom is -0.343 e. The zero-order chi connectivity index (χ0) is 14.5. The van der Waals surface area contributed by atoms with E-state index in [0.29, 0.717) is 5.56 Å². The fraction of sp³-hybridized carbons (Fsp3) is 0.500. The molecule has 0 radical (unpaired) electrons. The van der Waals surface area contributed by atoms with Gasteiger partial charge in [0.25, 0.3) is 5.91 Å². The molecular weight excluding hydrogens is 252 g/mol. The molecule has 1 fully saturated rings. The average Bonchev–Trinajstić information content (AvgIpc) is 2.48. The van der Waals surface area contributed by atoms with Gasteiger partial charge < -0.3 is 10.2 Å². The summed E-state index contributed by atoms with van der Waals surface area (Å²) in [5, 5.41) is 2.71. The maximum atomic E-state index is 12.0. The number of piperidine rings is 1. The van der Waals surface area contributed by atoms with Crippen molar-refractivity contribution < 1.29 is 9.59 Å². The summed E-state index contributed by atoms with van der Waals surface area (Å²) in [7, 11) is 0. The van der Waals surface area contributed by atoms with E-state index in [4.69, 9.17) is 0 Å². The second-order valence-corrected chi connectivity index (χ2v) is 5.42. The van der Waals surface area contributed by atoms with Crippen LogP contribution in [0.5, 0.6) is 0 Å². The van der Waals surface area contributed by atoms with E-state index in [0.717, 1.165) is 37.1 Å². The topological polar surface area (TPSA) is 49.4 Å². The molecule has 4 nitrogen and oxygen atoms in total. The van der Waals surface area contributed by atoms with Gasteiger partial charge in [0.1, 0.15) is 0 Å². The highest BCUT2D eigenvalue weighted by molar-refractivity contribution is 5.96. The Kier molecular flexibility index (Phi) is 4.77. The number of benzene rings is 1. The molecule has 1 aromatic carbocycles. The van der Waals surface area contributed by atoms with Gasteiger partial charge in [-0.3, -0.25) is 9.59 Å². The van der Waals surface area contributed by atoms with Gasteiger partial charge in [-0.25, -0.2) is 0 Å². The van der Waals surface area contributed by atoms with Gasteiger partial charge in [-0.05, 0) is 56.4 Å². The molecule has 2 rings (SSSR count). The molecule has 1 heterocycles. The van der Waals surface area contributed by atoms with Crippen LogP contribution in [0.1, 0.15) is 40.7 Å². The van der Waals surface area contributed by atoms with Crippen LogP contribution in [0.3, 0.4) is 0 Å². The van der Waals surface area contributed by atoms with Crippen LogP contribution in [0, 0.1) is 13.8 Å². The number of hydrogen-bond acceptors (Lipinski definition) is 2. The highest BCUT2D eigenvalue weighted by atomic mass is 16.2. The first kappa shape index (κ1) is 14.6. The summed E-state index contributed by atoms with van der Waals surface area (Å²) in [6.45, 7) is 5.71. The summed E-state index contributed by atoms with van der Waals surface area (Å²) in [6, 6.07) is 5.58. The van der Waals surface area contributed by atoms with Gasteiger partial charge in [-0.1, -0.05) is 6.07 Å². The molecule has 0 unspecified atom stereocenters. The number of rotatable bonds is 3. The van der Waals surface area contributed by atoms with Crippen molar-refractivity contribution in [3.05, 3.63) is 34.9 Å². The molecule has 1 saturated heterocycles. The molecule has 2 amide bonds. The van der Waals surface area contributed by atoms with Gasteiger partial charge in [0.2, 0.25) is 5.91 Å². The summed E-state index contributed by atoms with van der Waals surface area (Å²) in [6.07, 6.45) is 3.33. The highest BCUT2D eigenvalue weighted by Gasteiger charge is 2.17. The summed E-state index contributed by atoms with van der Waals surface area (Å²) in [5.41, 5.74) is 2.85. The fourth-order valence-corrected chi connectivity index (χ4v) is 2.40. The molecule has 0 bridgehead atoms. The first-order valence-corrected chi connectivity index (χ1v) is 7.21. The van der Waals surface area contributed by atoms with Gasteiger partial charge in [0.05, 0.1) is 6.54 Å². The number of carbonyl (C=O) groups is 2. The quantitative estimate of drug-likeness (QED) is 0.917. The van der Waals surface area contributed by atoms with Crippen molar-refractivity contribution in [3.63, 3.8) is 0 Å². The molecule has 0 saturated carbocycles. The summed E-state index contributed by atoms with van der Waals surface area (Å²) in [4.78, 5) is 25.8. The normalized spacial score (nSPS) is 15.0. The fourth-order valence-electron chi connectivity index (χ4n) is 2.40. The van der Waals surface area contributed by atoms with E-state index in [1.165, 1.54) is 6.42 Å². The Balaban J connectivity index is 1.88. The van der Waals surface area contributed by atoms with E-state index in [-0.39, 0.29) is 18.4 Å². The van der Waals surface area contributed by atoms with Crippen molar-refractivity contribution in [1.82, 2.24) is 10.2 Å². The van der Waals surface area contributed by atoms with Gasteiger partial charge >= 0.3 is 0 Å². The van der Waals surface area contributed by atoms with E-state index >= 15 is 0 Å². The molecule has 0 atom stereocenters. The van der Waals surface area contributed by atoms with E-state index in [1.807, 2.05) is 30.9 Å². The monoisotopic (exact) mass is 274 g/mol. The summed E-state index contributed by atoms with van der Waals surface area (Å²) >= 11 is 0. The SMILES string of the molecule is Cc1ccc(C(=O)NCC(=O)N2CCCCC2)cc1C. The van der Waals surface area contributed by atoms with Crippen LogP contribution < -0.4 is 5.32 Å². The number of nitrogens with one attached hydrogen (secondary N) is 1. The second kappa shape index (κ2) is 6.55. The molecule has 20 heavy (non-hydrogen) atoms. The van der Waals surface area contributed by atoms with Crippen LogP contribution >= 0.6 is 0 Å². The highest BCUT2D eigenvalue weighted by Crippen LogP contribution is 2.10. The zero-order valence-electron chi connectivity index (χ0n) is 12.2. The van der Waals surface area contributed by atoms with Crippen molar-refractivity contribution in [1.29, 1.82) is 0 Å². The predicted octanol–water partition coefficient (Wildman–Crippen LogP) is 2.05. The van der Waals surface area contributed by atoms with Gasteiger partial charge in [-0.2, -0.15) is 0 Å². The average molecular weight is 274 g/mol. The van der Waals surface area contributed by atoms with Crippen LogP contribution in [0.15, 0.2) is 18.2 Å². The maximum absolute atomic E-state index is 12.0. The lowest BCUT2D eigenvalue weighted by Crippen LogP contribution is -2.42. The number of amides is 2. The lowest BCUT2D eigenvalue weighted by atomic mass is 10.1. The van der Waals surface area contributed by atoms with Gasteiger partial charge in [0.15, 0.2) is 0 Å². The third-order valence-corrected chi connectivity index (χ3v) is 3.88. The van der Waals surface area contributed by atoms with E-state index in [2.05, 4.69) is 5.32 Å². The first-order chi connectivity index (χ1) is 9.58.